The first-order valence-corrected chi connectivity index (χ1v) is 10.6. The van der Waals surface area contributed by atoms with Gasteiger partial charge in [0, 0.05) is 11.9 Å². The fraction of sp³-hybridized carbons (Fsp3) is 0.588. The normalized spacial score (nSPS) is 17.3. The van der Waals surface area contributed by atoms with Gasteiger partial charge < -0.3 is 10.1 Å². The topological polar surface area (TPSA) is 99.0 Å². The molecule has 2 aromatic heterocycles. The zero-order valence-electron chi connectivity index (χ0n) is 15.8. The Kier molecular flexibility index (Phi) is 6.15. The molecule has 0 aliphatic heterocycles. The van der Waals surface area contributed by atoms with Gasteiger partial charge in [-0.1, -0.05) is 18.7 Å². The fourth-order valence-corrected chi connectivity index (χ4v) is 5.16. The van der Waals surface area contributed by atoms with E-state index in [1.165, 1.54) is 32.7 Å². The van der Waals surface area contributed by atoms with Crippen molar-refractivity contribution in [2.45, 2.75) is 50.4 Å². The summed E-state index contributed by atoms with van der Waals surface area (Å²) in [5.41, 5.74) is 1.55. The van der Waals surface area contributed by atoms with Gasteiger partial charge in [-0.2, -0.15) is 0 Å². The SMILES string of the molecule is CCOC(=O)c1c(NC(=O)C(C)Sc2nnnn2C)sc2c1CCC(C)C2. The lowest BCUT2D eigenvalue weighted by Crippen LogP contribution is -2.24. The maximum Gasteiger partial charge on any atom is 0.341 e. The van der Waals surface area contributed by atoms with Gasteiger partial charge in [-0.25, -0.2) is 9.48 Å². The number of aryl methyl sites for hydroxylation is 1. The number of anilines is 1. The summed E-state index contributed by atoms with van der Waals surface area (Å²) >= 11 is 2.76. The number of tetrazole rings is 1. The predicted molar refractivity (Wildman–Crippen MR) is 104 cm³/mol. The monoisotopic (exact) mass is 409 g/mol. The highest BCUT2D eigenvalue weighted by Crippen LogP contribution is 2.40. The number of carbonyl (C=O) groups excluding carboxylic acids is 2. The van der Waals surface area contributed by atoms with Gasteiger partial charge in [0.05, 0.1) is 17.4 Å². The lowest BCUT2D eigenvalue weighted by atomic mass is 9.88. The van der Waals surface area contributed by atoms with Crippen molar-refractivity contribution in [2.75, 3.05) is 11.9 Å². The number of thioether (sulfide) groups is 1. The van der Waals surface area contributed by atoms with Crippen molar-refractivity contribution < 1.29 is 14.3 Å². The van der Waals surface area contributed by atoms with Crippen molar-refractivity contribution in [3.8, 4) is 0 Å². The molecule has 2 aromatic rings. The van der Waals surface area contributed by atoms with Crippen LogP contribution in [0.5, 0.6) is 0 Å². The molecule has 2 atom stereocenters. The highest BCUT2D eigenvalue weighted by molar-refractivity contribution is 8.00. The first-order chi connectivity index (χ1) is 12.9. The Hall–Kier alpha value is -1.94. The van der Waals surface area contributed by atoms with E-state index in [1.54, 1.807) is 20.9 Å². The fourth-order valence-electron chi connectivity index (χ4n) is 3.00. The summed E-state index contributed by atoms with van der Waals surface area (Å²) in [7, 11) is 1.72. The van der Waals surface area contributed by atoms with Gasteiger partial charge in [0.25, 0.3) is 0 Å². The Bertz CT molecular complexity index is 848. The zero-order valence-corrected chi connectivity index (χ0v) is 17.4. The molecule has 10 heteroatoms. The zero-order chi connectivity index (χ0) is 19.6. The third-order valence-electron chi connectivity index (χ3n) is 4.46. The molecule has 0 aromatic carbocycles. The van der Waals surface area contributed by atoms with Crippen LogP contribution in [0.25, 0.3) is 0 Å². The van der Waals surface area contributed by atoms with E-state index in [0.29, 0.717) is 28.2 Å². The molecule has 2 heterocycles. The molecule has 0 radical (unpaired) electrons. The van der Waals surface area contributed by atoms with E-state index in [9.17, 15) is 9.59 Å². The molecule has 1 aliphatic rings. The third-order valence-corrected chi connectivity index (χ3v) is 6.75. The van der Waals surface area contributed by atoms with Crippen molar-refractivity contribution in [1.82, 2.24) is 20.2 Å². The standard InChI is InChI=1S/C17H23N5O3S2/c1-5-25-16(24)13-11-7-6-9(2)8-12(11)27-15(13)18-14(23)10(3)26-17-19-20-21-22(17)4/h9-10H,5-8H2,1-4H3,(H,18,23). The number of hydrogen-bond donors (Lipinski definition) is 1. The van der Waals surface area contributed by atoms with Gasteiger partial charge in [0.15, 0.2) is 0 Å². The predicted octanol–water partition coefficient (Wildman–Crippen LogP) is 2.69. The van der Waals surface area contributed by atoms with Crippen LogP contribution in [0.15, 0.2) is 5.16 Å². The Morgan fingerprint density at radius 2 is 2.26 bits per heavy atom. The molecule has 8 nitrogen and oxygen atoms in total. The number of nitrogens with one attached hydrogen (secondary N) is 1. The summed E-state index contributed by atoms with van der Waals surface area (Å²) in [6.07, 6.45) is 2.80. The Labute approximate surface area is 166 Å². The minimum Gasteiger partial charge on any atom is -0.462 e. The lowest BCUT2D eigenvalue weighted by molar-refractivity contribution is -0.115. The number of esters is 1. The van der Waals surface area contributed by atoms with Gasteiger partial charge in [0.1, 0.15) is 5.00 Å². The van der Waals surface area contributed by atoms with Crippen LogP contribution in [0.2, 0.25) is 0 Å². The van der Waals surface area contributed by atoms with E-state index >= 15 is 0 Å². The molecule has 1 N–H and O–H groups in total. The van der Waals surface area contributed by atoms with E-state index < -0.39 is 5.25 Å². The third kappa shape index (κ3) is 4.32. The molecule has 0 saturated carbocycles. The first kappa shape index (κ1) is 19.8. The van der Waals surface area contributed by atoms with Crippen molar-refractivity contribution in [1.29, 1.82) is 0 Å². The van der Waals surface area contributed by atoms with Gasteiger partial charge in [0.2, 0.25) is 11.1 Å². The van der Waals surface area contributed by atoms with Crippen LogP contribution in [0.4, 0.5) is 5.00 Å². The van der Waals surface area contributed by atoms with Gasteiger partial charge in [-0.15, -0.1) is 16.4 Å². The van der Waals surface area contributed by atoms with Crippen LogP contribution < -0.4 is 5.32 Å². The first-order valence-electron chi connectivity index (χ1n) is 8.92. The van der Waals surface area contributed by atoms with E-state index in [2.05, 4.69) is 27.8 Å². The van der Waals surface area contributed by atoms with E-state index in [1.807, 2.05) is 0 Å². The molecule has 0 bridgehead atoms. The molecule has 3 rings (SSSR count). The molecular weight excluding hydrogens is 386 g/mol. The van der Waals surface area contributed by atoms with Crippen LogP contribution in [0, 0.1) is 5.92 Å². The molecule has 0 saturated heterocycles. The maximum absolute atomic E-state index is 12.7. The maximum atomic E-state index is 12.7. The number of aromatic nitrogens is 4. The number of hydrogen-bond acceptors (Lipinski definition) is 8. The summed E-state index contributed by atoms with van der Waals surface area (Å²) in [4.78, 5) is 26.4. The Balaban J connectivity index is 1.81. The summed E-state index contributed by atoms with van der Waals surface area (Å²) in [5.74, 6) is 0.0190. The van der Waals surface area contributed by atoms with E-state index in [0.717, 1.165) is 24.8 Å². The summed E-state index contributed by atoms with van der Waals surface area (Å²) in [5, 5.41) is 14.9. The second-order valence-electron chi connectivity index (χ2n) is 6.61. The van der Waals surface area contributed by atoms with E-state index in [-0.39, 0.29) is 11.9 Å². The highest BCUT2D eigenvalue weighted by atomic mass is 32.2. The summed E-state index contributed by atoms with van der Waals surface area (Å²) in [6.45, 7) is 6.08. The molecular formula is C17H23N5O3S2. The lowest BCUT2D eigenvalue weighted by Gasteiger charge is -2.18. The van der Waals surface area contributed by atoms with Gasteiger partial charge in [-0.05, 0) is 55.0 Å². The summed E-state index contributed by atoms with van der Waals surface area (Å²) < 4.78 is 6.76. The number of thiophene rings is 1. The van der Waals surface area contributed by atoms with Crippen LogP contribution in [-0.2, 0) is 29.4 Å². The molecule has 27 heavy (non-hydrogen) atoms. The van der Waals surface area contributed by atoms with Crippen molar-refractivity contribution >= 4 is 40.0 Å². The van der Waals surface area contributed by atoms with Crippen molar-refractivity contribution in [3.63, 3.8) is 0 Å². The second kappa shape index (κ2) is 8.39. The van der Waals surface area contributed by atoms with Crippen molar-refractivity contribution in [2.24, 2.45) is 13.0 Å². The van der Waals surface area contributed by atoms with Crippen LogP contribution in [0.1, 0.15) is 48.0 Å². The van der Waals surface area contributed by atoms with E-state index in [4.69, 9.17) is 4.74 Å². The number of rotatable bonds is 6. The van der Waals surface area contributed by atoms with Gasteiger partial charge >= 0.3 is 5.97 Å². The average Bonchev–Trinajstić information content (AvgIpc) is 3.17. The smallest absolute Gasteiger partial charge is 0.341 e. The number of ether oxygens (including phenoxy) is 1. The van der Waals surface area contributed by atoms with Crippen LogP contribution >= 0.6 is 23.1 Å². The number of fused-ring (bicyclic) bond motifs is 1. The minimum atomic E-state index is -0.414. The molecule has 0 spiro atoms. The molecule has 1 aliphatic carbocycles. The number of carbonyl (C=O) groups is 2. The largest absolute Gasteiger partial charge is 0.462 e. The van der Waals surface area contributed by atoms with Gasteiger partial charge in [-0.3, -0.25) is 4.79 Å². The number of amides is 1. The molecule has 146 valence electrons. The highest BCUT2D eigenvalue weighted by Gasteiger charge is 2.30. The average molecular weight is 410 g/mol. The summed E-state index contributed by atoms with van der Waals surface area (Å²) in [6, 6.07) is 0. The Morgan fingerprint density at radius 1 is 1.48 bits per heavy atom. The quantitative estimate of drug-likeness (QED) is 0.578. The Morgan fingerprint density at radius 3 is 2.93 bits per heavy atom. The van der Waals surface area contributed by atoms with Crippen molar-refractivity contribution in [3.05, 3.63) is 16.0 Å². The minimum absolute atomic E-state index is 0.194. The molecule has 0 fully saturated rings. The molecule has 2 unspecified atom stereocenters. The number of nitrogens with zero attached hydrogens (tertiary/aromatic N) is 4. The molecule has 1 amide bonds. The second-order valence-corrected chi connectivity index (χ2v) is 9.02. The van der Waals surface area contributed by atoms with Crippen LogP contribution in [0.3, 0.4) is 0 Å². The van der Waals surface area contributed by atoms with Crippen LogP contribution in [-0.4, -0.2) is 43.9 Å².